The lowest BCUT2D eigenvalue weighted by molar-refractivity contribution is 0.0908. The maximum absolute atomic E-state index is 12.0. The van der Waals surface area contributed by atoms with Crippen molar-refractivity contribution in [3.8, 4) is 0 Å². The minimum absolute atomic E-state index is 0.00373. The second-order valence-electron chi connectivity index (χ2n) is 5.29. The first-order valence-electron chi connectivity index (χ1n) is 5.65. The van der Waals surface area contributed by atoms with Gasteiger partial charge in [0.2, 0.25) is 0 Å². The van der Waals surface area contributed by atoms with Crippen molar-refractivity contribution in [2.24, 2.45) is 5.41 Å². The largest absolute Gasteiger partial charge is 0.394 e. The lowest BCUT2D eigenvalue weighted by Gasteiger charge is -2.29. The summed E-state index contributed by atoms with van der Waals surface area (Å²) in [5, 5.41) is 13.3. The molecule has 0 fully saturated rings. The molecule has 2 rings (SSSR count). The number of aryl methyl sites for hydroxylation is 1. The Kier molecular flexibility index (Phi) is 2.62. The summed E-state index contributed by atoms with van der Waals surface area (Å²) in [4.78, 5) is 12.0. The highest BCUT2D eigenvalue weighted by molar-refractivity contribution is 5.99. The maximum atomic E-state index is 12.0. The number of carbonyl (C=O) groups excluding carboxylic acids is 1. The first kappa shape index (κ1) is 11.3. The van der Waals surface area contributed by atoms with Crippen molar-refractivity contribution in [2.75, 3.05) is 6.61 Å². The Morgan fingerprint density at radius 2 is 2.12 bits per heavy atom. The van der Waals surface area contributed by atoms with Gasteiger partial charge in [0.25, 0.3) is 0 Å². The molecule has 0 saturated carbocycles. The van der Waals surface area contributed by atoms with E-state index in [1.807, 2.05) is 6.92 Å². The van der Waals surface area contributed by atoms with Gasteiger partial charge in [-0.2, -0.15) is 5.10 Å². The van der Waals surface area contributed by atoms with Gasteiger partial charge >= 0.3 is 0 Å². The van der Waals surface area contributed by atoms with E-state index in [0.29, 0.717) is 13.0 Å². The fraction of sp³-hybridized carbons (Fsp3) is 0.667. The molecule has 0 radical (unpaired) electrons. The third-order valence-electron chi connectivity index (χ3n) is 3.11. The number of rotatable bonds is 2. The summed E-state index contributed by atoms with van der Waals surface area (Å²) in [5.74, 6) is 0.188. The molecule has 4 heteroatoms. The Hall–Kier alpha value is -1.16. The van der Waals surface area contributed by atoms with Gasteiger partial charge in [-0.05, 0) is 18.8 Å². The Bertz CT molecular complexity index is 432. The fourth-order valence-electron chi connectivity index (χ4n) is 2.49. The van der Waals surface area contributed by atoms with Crippen LogP contribution in [0.5, 0.6) is 0 Å². The summed E-state index contributed by atoms with van der Waals surface area (Å²) in [7, 11) is 0. The highest BCUT2D eigenvalue weighted by atomic mass is 16.3. The molecule has 1 N–H and O–H groups in total. The molecule has 0 atom stereocenters. The van der Waals surface area contributed by atoms with Crippen molar-refractivity contribution in [2.45, 2.75) is 40.2 Å². The van der Waals surface area contributed by atoms with Crippen LogP contribution < -0.4 is 0 Å². The molecule has 0 spiro atoms. The van der Waals surface area contributed by atoms with Gasteiger partial charge in [0.15, 0.2) is 5.78 Å². The van der Waals surface area contributed by atoms with Crippen molar-refractivity contribution in [1.82, 2.24) is 9.78 Å². The molecule has 16 heavy (non-hydrogen) atoms. The van der Waals surface area contributed by atoms with Gasteiger partial charge < -0.3 is 5.11 Å². The Morgan fingerprint density at radius 1 is 1.44 bits per heavy atom. The molecular weight excluding hydrogens is 204 g/mol. The molecule has 0 saturated heterocycles. The number of hydrogen-bond donors (Lipinski definition) is 1. The van der Waals surface area contributed by atoms with Crippen LogP contribution in [0.1, 0.15) is 42.0 Å². The molecule has 1 aromatic heterocycles. The van der Waals surface area contributed by atoms with E-state index in [9.17, 15) is 4.79 Å². The van der Waals surface area contributed by atoms with Crippen LogP contribution in [-0.2, 0) is 13.0 Å². The van der Waals surface area contributed by atoms with Crippen LogP contribution in [0.2, 0.25) is 0 Å². The molecule has 1 aliphatic rings. The molecule has 0 bridgehead atoms. The predicted molar refractivity (Wildman–Crippen MR) is 60.5 cm³/mol. The number of Topliss-reactive ketones (excluding diaryl/α,β-unsaturated/α-hetero) is 1. The van der Waals surface area contributed by atoms with Gasteiger partial charge in [-0.1, -0.05) is 13.8 Å². The van der Waals surface area contributed by atoms with Gasteiger partial charge in [-0.15, -0.1) is 0 Å². The summed E-state index contributed by atoms with van der Waals surface area (Å²) < 4.78 is 1.78. The molecular formula is C12H18N2O2. The van der Waals surface area contributed by atoms with E-state index in [1.165, 1.54) is 0 Å². The Balaban J connectivity index is 2.50. The molecule has 1 aliphatic carbocycles. The average molecular weight is 222 g/mol. The highest BCUT2D eigenvalue weighted by Crippen LogP contribution is 2.35. The van der Waals surface area contributed by atoms with Crippen LogP contribution in [0.3, 0.4) is 0 Å². The Morgan fingerprint density at radius 3 is 2.75 bits per heavy atom. The second-order valence-corrected chi connectivity index (χ2v) is 5.29. The summed E-state index contributed by atoms with van der Waals surface area (Å²) in [6.45, 7) is 6.59. The molecule has 88 valence electrons. The molecule has 4 nitrogen and oxygen atoms in total. The standard InChI is InChI=1S/C12H18N2O2/c1-8-11-9(14(13-8)4-5-15)6-12(2,3)7-10(11)16/h15H,4-7H2,1-3H3. The Labute approximate surface area is 95.3 Å². The van der Waals surface area contributed by atoms with Gasteiger partial charge in [0, 0.05) is 6.42 Å². The topological polar surface area (TPSA) is 55.1 Å². The predicted octanol–water partition coefficient (Wildman–Crippen LogP) is 1.34. The van der Waals surface area contributed by atoms with Crippen LogP contribution in [0.4, 0.5) is 0 Å². The molecule has 0 aromatic carbocycles. The molecule has 0 aliphatic heterocycles. The summed E-state index contributed by atoms with van der Waals surface area (Å²) in [5.41, 5.74) is 2.58. The monoisotopic (exact) mass is 222 g/mol. The van der Waals surface area contributed by atoms with Crippen molar-refractivity contribution >= 4 is 5.78 Å². The van der Waals surface area contributed by atoms with Crippen LogP contribution in [0, 0.1) is 12.3 Å². The van der Waals surface area contributed by atoms with Gasteiger partial charge in [-0.3, -0.25) is 9.48 Å². The van der Waals surface area contributed by atoms with Crippen LogP contribution in [0.25, 0.3) is 0 Å². The van der Waals surface area contributed by atoms with Gasteiger partial charge in [0.1, 0.15) is 0 Å². The zero-order valence-corrected chi connectivity index (χ0v) is 10.1. The zero-order valence-electron chi connectivity index (χ0n) is 10.1. The maximum Gasteiger partial charge on any atom is 0.167 e. The number of aliphatic hydroxyl groups excluding tert-OH is 1. The van der Waals surface area contributed by atoms with Crippen LogP contribution in [-0.4, -0.2) is 27.3 Å². The van der Waals surface area contributed by atoms with Crippen molar-refractivity contribution in [3.63, 3.8) is 0 Å². The number of ketones is 1. The smallest absolute Gasteiger partial charge is 0.167 e. The number of fused-ring (bicyclic) bond motifs is 1. The molecule has 0 unspecified atom stereocenters. The summed E-state index contributed by atoms with van der Waals surface area (Å²) in [6.07, 6.45) is 1.45. The quantitative estimate of drug-likeness (QED) is 0.821. The van der Waals surface area contributed by atoms with E-state index in [2.05, 4.69) is 18.9 Å². The third kappa shape index (κ3) is 1.78. The number of aromatic nitrogens is 2. The van der Waals surface area contributed by atoms with Crippen molar-refractivity contribution in [3.05, 3.63) is 17.0 Å². The van der Waals surface area contributed by atoms with E-state index >= 15 is 0 Å². The van der Waals surface area contributed by atoms with Crippen LogP contribution >= 0.6 is 0 Å². The lowest BCUT2D eigenvalue weighted by Crippen LogP contribution is -2.28. The summed E-state index contributed by atoms with van der Waals surface area (Å²) in [6, 6.07) is 0. The van der Waals surface area contributed by atoms with E-state index in [-0.39, 0.29) is 17.8 Å². The molecule has 1 aromatic rings. The number of aliphatic hydroxyl groups is 1. The van der Waals surface area contributed by atoms with E-state index in [0.717, 1.165) is 23.4 Å². The lowest BCUT2D eigenvalue weighted by atomic mass is 9.75. The van der Waals surface area contributed by atoms with Crippen molar-refractivity contribution in [1.29, 1.82) is 0 Å². The second kappa shape index (κ2) is 3.70. The van der Waals surface area contributed by atoms with Crippen LogP contribution in [0.15, 0.2) is 0 Å². The molecule has 0 amide bonds. The third-order valence-corrected chi connectivity index (χ3v) is 3.11. The summed E-state index contributed by atoms with van der Waals surface area (Å²) >= 11 is 0. The van der Waals surface area contributed by atoms with E-state index < -0.39 is 0 Å². The SMILES string of the molecule is Cc1nn(CCO)c2c1C(=O)CC(C)(C)C2. The van der Waals surface area contributed by atoms with Crippen molar-refractivity contribution < 1.29 is 9.90 Å². The van der Waals surface area contributed by atoms with Gasteiger partial charge in [0.05, 0.1) is 30.1 Å². The van der Waals surface area contributed by atoms with Gasteiger partial charge in [-0.25, -0.2) is 0 Å². The minimum atomic E-state index is 0.00373. The fourth-order valence-corrected chi connectivity index (χ4v) is 2.49. The number of carbonyl (C=O) groups is 1. The highest BCUT2D eigenvalue weighted by Gasteiger charge is 2.35. The zero-order chi connectivity index (χ0) is 11.9. The minimum Gasteiger partial charge on any atom is -0.394 e. The first-order chi connectivity index (χ1) is 7.44. The number of nitrogens with zero attached hydrogens (tertiary/aromatic N) is 2. The number of hydrogen-bond acceptors (Lipinski definition) is 3. The molecule has 1 heterocycles. The normalized spacial score (nSPS) is 18.6. The average Bonchev–Trinajstić information content (AvgIpc) is 2.41. The van der Waals surface area contributed by atoms with E-state index in [1.54, 1.807) is 4.68 Å². The first-order valence-corrected chi connectivity index (χ1v) is 5.65. The van der Waals surface area contributed by atoms with E-state index in [4.69, 9.17) is 5.11 Å².